The van der Waals surface area contributed by atoms with Crippen molar-refractivity contribution in [3.63, 3.8) is 0 Å². The summed E-state index contributed by atoms with van der Waals surface area (Å²) in [6.45, 7) is 6.36. The van der Waals surface area contributed by atoms with Crippen molar-refractivity contribution in [3.05, 3.63) is 86.8 Å². The first-order valence-corrected chi connectivity index (χ1v) is 14.9. The Hall–Kier alpha value is -4.23. The van der Waals surface area contributed by atoms with E-state index >= 15 is 0 Å². The molecule has 2 aromatic carbocycles. The molecule has 1 fully saturated rings. The van der Waals surface area contributed by atoms with Crippen LogP contribution in [0.3, 0.4) is 0 Å². The molecule has 0 saturated carbocycles. The predicted molar refractivity (Wildman–Crippen MR) is 181 cm³/mol. The molecule has 12 nitrogen and oxygen atoms in total. The number of anilines is 3. The lowest BCUT2D eigenvalue weighted by Gasteiger charge is -2.32. The molecule has 0 unspecified atom stereocenters. The van der Waals surface area contributed by atoms with E-state index in [9.17, 15) is 14.4 Å². The summed E-state index contributed by atoms with van der Waals surface area (Å²) in [7, 11) is 2.14. The number of aromatic amines is 1. The number of nitrogens with two attached hydrogens (primary N) is 1. The molecule has 45 heavy (non-hydrogen) atoms. The van der Waals surface area contributed by atoms with Gasteiger partial charge in [-0.15, -0.1) is 12.4 Å². The van der Waals surface area contributed by atoms with E-state index in [4.69, 9.17) is 17.3 Å². The second-order valence-electron chi connectivity index (χ2n) is 10.8. The number of hydrogen-bond acceptors (Lipinski definition) is 9. The van der Waals surface area contributed by atoms with Gasteiger partial charge in [-0.25, -0.2) is 4.98 Å². The van der Waals surface area contributed by atoms with E-state index < -0.39 is 11.5 Å². The lowest BCUT2D eigenvalue weighted by molar-refractivity contribution is 0.0952. The topological polar surface area (TPSA) is 161 Å². The number of nitrogens with one attached hydrogen (secondary N) is 4. The summed E-state index contributed by atoms with van der Waals surface area (Å²) in [5.41, 5.74) is 7.64. The number of piperazine rings is 1. The maximum absolute atomic E-state index is 13.1. The minimum atomic E-state index is -0.682. The molecule has 2 aromatic heterocycles. The Morgan fingerprint density at radius 3 is 2.60 bits per heavy atom. The van der Waals surface area contributed by atoms with Gasteiger partial charge in [0, 0.05) is 62.1 Å². The van der Waals surface area contributed by atoms with Gasteiger partial charge in [-0.1, -0.05) is 29.8 Å². The third-order valence-electron chi connectivity index (χ3n) is 7.58. The van der Waals surface area contributed by atoms with Crippen LogP contribution in [-0.4, -0.2) is 89.4 Å². The molecule has 0 radical (unpaired) electrons. The average molecular weight is 655 g/mol. The zero-order chi connectivity index (χ0) is 31.1. The zero-order valence-corrected chi connectivity index (χ0v) is 26.5. The van der Waals surface area contributed by atoms with Crippen molar-refractivity contribution < 1.29 is 9.59 Å². The number of para-hydroxylation sites is 1. The molecule has 2 amide bonds. The number of hydrogen-bond donors (Lipinski definition) is 5. The van der Waals surface area contributed by atoms with E-state index in [0.717, 1.165) is 44.7 Å². The number of rotatable bonds is 11. The first kappa shape index (κ1) is 33.7. The number of halogens is 2. The lowest BCUT2D eigenvalue weighted by atomic mass is 10.1. The summed E-state index contributed by atoms with van der Waals surface area (Å²) >= 11 is 6.31. The van der Waals surface area contributed by atoms with Crippen LogP contribution in [0.5, 0.6) is 0 Å². The van der Waals surface area contributed by atoms with Crippen LogP contribution in [0.1, 0.15) is 32.7 Å². The van der Waals surface area contributed by atoms with Crippen molar-refractivity contribution in [3.8, 4) is 0 Å². The molecule has 5 rings (SSSR count). The largest absolute Gasteiger partial charge is 0.399 e. The summed E-state index contributed by atoms with van der Waals surface area (Å²) in [5.74, 6) is -0.618. The SMILES string of the molecule is CN1CCN(CCCNc2ncc3cc(C(=O)Nc4cc(C(=O)NCCc5ccccc5N)ccc4Cl)c(=O)[nH]c3n2)CC1.Cl. The number of fused-ring (bicyclic) bond motifs is 1. The van der Waals surface area contributed by atoms with Gasteiger partial charge >= 0.3 is 0 Å². The fourth-order valence-electron chi connectivity index (χ4n) is 4.95. The number of benzene rings is 2. The smallest absolute Gasteiger partial charge is 0.262 e. The minimum Gasteiger partial charge on any atom is -0.399 e. The van der Waals surface area contributed by atoms with Crippen LogP contribution in [0.2, 0.25) is 5.02 Å². The van der Waals surface area contributed by atoms with Gasteiger partial charge in [-0.3, -0.25) is 14.4 Å². The van der Waals surface area contributed by atoms with Gasteiger partial charge in [0.2, 0.25) is 5.95 Å². The van der Waals surface area contributed by atoms with Gasteiger partial charge in [0.1, 0.15) is 11.2 Å². The van der Waals surface area contributed by atoms with E-state index in [0.29, 0.717) is 47.7 Å². The first-order valence-electron chi connectivity index (χ1n) is 14.5. The highest BCUT2D eigenvalue weighted by atomic mass is 35.5. The van der Waals surface area contributed by atoms with Gasteiger partial charge in [0.15, 0.2) is 0 Å². The molecule has 0 bridgehead atoms. The van der Waals surface area contributed by atoms with E-state index in [2.05, 4.69) is 47.7 Å². The fraction of sp³-hybridized carbons (Fsp3) is 0.323. The Balaban J connectivity index is 0.00000461. The van der Waals surface area contributed by atoms with Crippen molar-refractivity contribution in [1.29, 1.82) is 0 Å². The van der Waals surface area contributed by atoms with Gasteiger partial charge in [-0.2, -0.15) is 4.98 Å². The number of H-pyrrole nitrogens is 1. The Morgan fingerprint density at radius 2 is 1.82 bits per heavy atom. The highest BCUT2D eigenvalue weighted by Gasteiger charge is 2.17. The number of nitrogens with zero attached hydrogens (tertiary/aromatic N) is 4. The average Bonchev–Trinajstić information content (AvgIpc) is 3.01. The molecular weight excluding hydrogens is 617 g/mol. The van der Waals surface area contributed by atoms with Crippen molar-refractivity contribution in [2.75, 3.05) is 69.2 Å². The molecule has 1 aliphatic rings. The summed E-state index contributed by atoms with van der Waals surface area (Å²) in [6, 6.07) is 13.4. The Morgan fingerprint density at radius 1 is 1.04 bits per heavy atom. The highest BCUT2D eigenvalue weighted by Crippen LogP contribution is 2.24. The molecule has 0 atom stereocenters. The van der Waals surface area contributed by atoms with Crippen molar-refractivity contribution in [2.45, 2.75) is 12.8 Å². The van der Waals surface area contributed by atoms with E-state index in [1.54, 1.807) is 12.3 Å². The molecule has 1 aliphatic heterocycles. The summed E-state index contributed by atoms with van der Waals surface area (Å²) in [4.78, 5) is 54.9. The molecule has 0 aliphatic carbocycles. The third-order valence-corrected chi connectivity index (χ3v) is 7.91. The number of carbonyl (C=O) groups is 2. The van der Waals surface area contributed by atoms with Crippen LogP contribution in [-0.2, 0) is 6.42 Å². The molecule has 4 aromatic rings. The Labute approximate surface area is 272 Å². The Bertz CT molecular complexity index is 1710. The number of aromatic nitrogens is 3. The van der Waals surface area contributed by atoms with Crippen molar-refractivity contribution in [2.24, 2.45) is 0 Å². The van der Waals surface area contributed by atoms with E-state index in [1.807, 2.05) is 24.3 Å². The third kappa shape index (κ3) is 8.92. The van der Waals surface area contributed by atoms with Crippen molar-refractivity contribution >= 4 is 64.2 Å². The molecule has 3 heterocycles. The van der Waals surface area contributed by atoms with Crippen LogP contribution < -0.4 is 27.2 Å². The van der Waals surface area contributed by atoms with Gasteiger partial charge in [0.25, 0.3) is 17.4 Å². The van der Waals surface area contributed by atoms with Crippen LogP contribution in [0.4, 0.5) is 17.3 Å². The van der Waals surface area contributed by atoms with Gasteiger partial charge in [0.05, 0.1) is 10.7 Å². The van der Waals surface area contributed by atoms with Crippen molar-refractivity contribution in [1.82, 2.24) is 30.1 Å². The molecule has 0 spiro atoms. The second-order valence-corrected chi connectivity index (χ2v) is 11.2. The number of likely N-dealkylation sites (N-methyl/N-ethyl adjacent to an activating group) is 1. The van der Waals surface area contributed by atoms with Crippen LogP contribution >= 0.6 is 24.0 Å². The Kier molecular flexibility index (Phi) is 11.7. The minimum absolute atomic E-state index is 0. The maximum atomic E-state index is 13.1. The normalized spacial score (nSPS) is 13.6. The molecule has 14 heteroatoms. The molecular formula is C31H37Cl2N9O3. The number of nitrogen functional groups attached to an aromatic ring is 1. The first-order chi connectivity index (χ1) is 21.3. The van der Waals surface area contributed by atoms with E-state index in [-0.39, 0.29) is 34.6 Å². The fourth-order valence-corrected chi connectivity index (χ4v) is 5.11. The number of pyridine rings is 1. The van der Waals surface area contributed by atoms with Gasteiger partial charge in [-0.05, 0) is 62.3 Å². The summed E-state index contributed by atoms with van der Waals surface area (Å²) < 4.78 is 0. The lowest BCUT2D eigenvalue weighted by Crippen LogP contribution is -2.44. The second kappa shape index (κ2) is 15.7. The molecule has 6 N–H and O–H groups in total. The highest BCUT2D eigenvalue weighted by molar-refractivity contribution is 6.34. The summed E-state index contributed by atoms with van der Waals surface area (Å²) in [5, 5.41) is 9.41. The molecule has 1 saturated heterocycles. The van der Waals surface area contributed by atoms with Crippen LogP contribution in [0, 0.1) is 0 Å². The zero-order valence-electron chi connectivity index (χ0n) is 24.9. The number of amides is 2. The van der Waals surface area contributed by atoms with Crippen LogP contribution in [0.15, 0.2) is 59.5 Å². The van der Waals surface area contributed by atoms with Gasteiger partial charge < -0.3 is 36.5 Å². The molecule has 238 valence electrons. The summed E-state index contributed by atoms with van der Waals surface area (Å²) in [6.07, 6.45) is 3.06. The quantitative estimate of drug-likeness (QED) is 0.121. The van der Waals surface area contributed by atoms with Crippen LogP contribution in [0.25, 0.3) is 11.0 Å². The predicted octanol–water partition coefficient (Wildman–Crippen LogP) is 3.25. The van der Waals surface area contributed by atoms with E-state index in [1.165, 1.54) is 18.2 Å². The number of carbonyl (C=O) groups excluding carboxylic acids is 2. The monoisotopic (exact) mass is 653 g/mol. The standard InChI is InChI=1S/C31H36ClN9O3.ClH/c1-40-13-15-41(16-14-40)12-4-10-35-31-36-19-22-17-23(30(44)38-27(22)39-31)29(43)37-26-18-21(7-8-24(26)32)28(42)34-11-9-20-5-2-3-6-25(20)33;/h2-3,5-8,17-19H,4,9-16,33H2,1H3,(H,34,42)(H,37,43)(H2,35,36,38,39,44);1H. The maximum Gasteiger partial charge on any atom is 0.262 e.